The van der Waals surface area contributed by atoms with E-state index < -0.39 is 9.84 Å². The molecule has 0 amide bonds. The lowest BCUT2D eigenvalue weighted by atomic mass is 10.1. The molecule has 0 aliphatic rings. The number of aromatic nitrogens is 3. The first-order chi connectivity index (χ1) is 14.8. The van der Waals surface area contributed by atoms with Gasteiger partial charge in [-0.25, -0.2) is 18.1 Å². The molecule has 0 bridgehead atoms. The highest BCUT2D eigenvalue weighted by molar-refractivity contribution is 7.90. The van der Waals surface area contributed by atoms with Gasteiger partial charge in [0.2, 0.25) is 0 Å². The van der Waals surface area contributed by atoms with Crippen LogP contribution in [-0.2, 0) is 9.84 Å². The lowest BCUT2D eigenvalue weighted by Crippen LogP contribution is -2.02. The zero-order valence-electron chi connectivity index (χ0n) is 16.7. The Labute approximate surface area is 178 Å². The number of benzene rings is 3. The Morgan fingerprint density at radius 1 is 0.903 bits per heavy atom. The van der Waals surface area contributed by atoms with Crippen LogP contribution in [0, 0.1) is 0 Å². The predicted octanol–water partition coefficient (Wildman–Crippen LogP) is 3.42. The van der Waals surface area contributed by atoms with Crippen LogP contribution >= 0.6 is 0 Å². The molecular formula is C22H19N3O5S. The van der Waals surface area contributed by atoms with Crippen LogP contribution < -0.4 is 4.74 Å². The number of aromatic hydroxyl groups is 2. The van der Waals surface area contributed by atoms with E-state index in [4.69, 9.17) is 4.74 Å². The Balaban J connectivity index is 1.91. The zero-order chi connectivity index (χ0) is 22.2. The number of phenolic OH excluding ortho intramolecular Hbond substituents is 2. The van der Waals surface area contributed by atoms with E-state index in [0.29, 0.717) is 28.4 Å². The van der Waals surface area contributed by atoms with Crippen LogP contribution in [0.2, 0.25) is 0 Å². The summed E-state index contributed by atoms with van der Waals surface area (Å²) in [4.78, 5) is 4.72. The summed E-state index contributed by atoms with van der Waals surface area (Å²) in [6.45, 7) is 0. The number of ether oxygens (including phenoxy) is 1. The van der Waals surface area contributed by atoms with Crippen molar-refractivity contribution < 1.29 is 23.4 Å². The molecule has 0 fully saturated rings. The van der Waals surface area contributed by atoms with Gasteiger partial charge in [0, 0.05) is 12.3 Å². The number of para-hydroxylation sites is 1. The van der Waals surface area contributed by atoms with Gasteiger partial charge in [-0.05, 0) is 48.5 Å². The van der Waals surface area contributed by atoms with Gasteiger partial charge in [-0.1, -0.05) is 12.1 Å². The standard InChI is InChI=1S/C22H19N3O5S/c1-30-15-9-12-17(20(27)13-15)21-23-22(18-5-3-4-6-19(18)26)25(24-21)14-7-10-16(11-8-14)31(2,28)29/h3-13,26-27H,1-2H3. The normalized spacial score (nSPS) is 11.4. The number of phenols is 2. The van der Waals surface area contributed by atoms with Crippen molar-refractivity contribution in [2.75, 3.05) is 13.4 Å². The van der Waals surface area contributed by atoms with Crippen LogP contribution in [-0.4, -0.2) is 46.8 Å². The van der Waals surface area contributed by atoms with Gasteiger partial charge in [-0.15, -0.1) is 5.10 Å². The molecule has 0 unspecified atom stereocenters. The van der Waals surface area contributed by atoms with Gasteiger partial charge >= 0.3 is 0 Å². The summed E-state index contributed by atoms with van der Waals surface area (Å²) in [7, 11) is -1.85. The first kappa shape index (κ1) is 20.4. The van der Waals surface area contributed by atoms with E-state index in [0.717, 1.165) is 6.26 Å². The van der Waals surface area contributed by atoms with Crippen LogP contribution in [0.1, 0.15) is 0 Å². The number of hydrogen-bond donors (Lipinski definition) is 2. The SMILES string of the molecule is COc1ccc(-c2nc(-c3ccccc3O)n(-c3ccc(S(C)(=O)=O)cc3)n2)c(O)c1. The van der Waals surface area contributed by atoms with Crippen LogP contribution in [0.3, 0.4) is 0 Å². The maximum atomic E-state index is 11.8. The molecule has 2 N–H and O–H groups in total. The summed E-state index contributed by atoms with van der Waals surface area (Å²) in [5.74, 6) is 0.987. The molecule has 1 heterocycles. The molecule has 0 aliphatic carbocycles. The number of hydrogen-bond acceptors (Lipinski definition) is 7. The molecule has 0 spiro atoms. The first-order valence-electron chi connectivity index (χ1n) is 9.21. The van der Waals surface area contributed by atoms with E-state index in [-0.39, 0.29) is 22.2 Å². The van der Waals surface area contributed by atoms with Crippen LogP contribution in [0.4, 0.5) is 0 Å². The molecule has 8 nitrogen and oxygen atoms in total. The third kappa shape index (κ3) is 3.95. The van der Waals surface area contributed by atoms with Crippen molar-refractivity contribution in [2.45, 2.75) is 4.90 Å². The topological polar surface area (TPSA) is 115 Å². The van der Waals surface area contributed by atoms with Gasteiger partial charge in [0.25, 0.3) is 0 Å². The second kappa shape index (κ2) is 7.77. The lowest BCUT2D eigenvalue weighted by molar-refractivity contribution is 0.408. The summed E-state index contributed by atoms with van der Waals surface area (Å²) < 4.78 is 30.2. The van der Waals surface area contributed by atoms with Crippen molar-refractivity contribution in [3.63, 3.8) is 0 Å². The Morgan fingerprint density at radius 3 is 2.23 bits per heavy atom. The second-order valence-electron chi connectivity index (χ2n) is 6.84. The molecule has 0 radical (unpaired) electrons. The summed E-state index contributed by atoms with van der Waals surface area (Å²) in [5, 5.41) is 25.3. The number of rotatable bonds is 5. The van der Waals surface area contributed by atoms with E-state index in [2.05, 4.69) is 10.1 Å². The van der Waals surface area contributed by atoms with Crippen molar-refractivity contribution in [2.24, 2.45) is 0 Å². The fraction of sp³-hybridized carbons (Fsp3) is 0.0909. The molecule has 9 heteroatoms. The summed E-state index contributed by atoms with van der Waals surface area (Å²) in [6, 6.07) is 17.6. The molecule has 0 saturated heterocycles. The molecule has 0 atom stereocenters. The van der Waals surface area contributed by atoms with E-state index >= 15 is 0 Å². The summed E-state index contributed by atoms with van der Waals surface area (Å²) >= 11 is 0. The fourth-order valence-electron chi connectivity index (χ4n) is 3.11. The van der Waals surface area contributed by atoms with Gasteiger partial charge in [-0.3, -0.25) is 0 Å². The van der Waals surface area contributed by atoms with Crippen molar-refractivity contribution in [1.29, 1.82) is 0 Å². The molecular weight excluding hydrogens is 418 g/mol. The highest BCUT2D eigenvalue weighted by Gasteiger charge is 2.20. The van der Waals surface area contributed by atoms with Crippen molar-refractivity contribution in [3.05, 3.63) is 66.7 Å². The van der Waals surface area contributed by atoms with Gasteiger partial charge in [0.15, 0.2) is 21.5 Å². The number of sulfone groups is 1. The Hall–Kier alpha value is -3.85. The summed E-state index contributed by atoms with van der Waals surface area (Å²) in [6.07, 6.45) is 1.13. The number of methoxy groups -OCH3 is 1. The van der Waals surface area contributed by atoms with Crippen molar-refractivity contribution >= 4 is 9.84 Å². The maximum Gasteiger partial charge on any atom is 0.185 e. The monoisotopic (exact) mass is 437 g/mol. The minimum Gasteiger partial charge on any atom is -0.507 e. The molecule has 158 valence electrons. The smallest absolute Gasteiger partial charge is 0.185 e. The molecule has 31 heavy (non-hydrogen) atoms. The Bertz CT molecular complexity index is 1360. The molecule has 0 saturated carbocycles. The molecule has 0 aliphatic heterocycles. The van der Waals surface area contributed by atoms with E-state index in [9.17, 15) is 18.6 Å². The maximum absolute atomic E-state index is 11.8. The van der Waals surface area contributed by atoms with E-state index in [1.807, 2.05) is 0 Å². The first-order valence-corrected chi connectivity index (χ1v) is 11.1. The largest absolute Gasteiger partial charge is 0.507 e. The molecule has 4 aromatic rings. The minimum absolute atomic E-state index is 0.00871. The van der Waals surface area contributed by atoms with Crippen molar-refractivity contribution in [3.8, 4) is 45.7 Å². The Morgan fingerprint density at radius 2 is 1.61 bits per heavy atom. The van der Waals surface area contributed by atoms with Crippen molar-refractivity contribution in [1.82, 2.24) is 14.8 Å². The van der Waals surface area contributed by atoms with E-state index in [1.54, 1.807) is 42.5 Å². The van der Waals surface area contributed by atoms with Gasteiger partial charge in [-0.2, -0.15) is 0 Å². The molecule has 3 aromatic carbocycles. The van der Waals surface area contributed by atoms with Crippen LogP contribution in [0.25, 0.3) is 28.5 Å². The Kier molecular flexibility index (Phi) is 5.12. The van der Waals surface area contributed by atoms with Crippen LogP contribution in [0.15, 0.2) is 71.6 Å². The predicted molar refractivity (Wildman–Crippen MR) is 115 cm³/mol. The average Bonchev–Trinajstić information content (AvgIpc) is 3.18. The molecule has 1 aromatic heterocycles. The fourth-order valence-corrected chi connectivity index (χ4v) is 3.74. The van der Waals surface area contributed by atoms with E-state index in [1.165, 1.54) is 36.1 Å². The summed E-state index contributed by atoms with van der Waals surface area (Å²) in [5.41, 5.74) is 1.35. The second-order valence-corrected chi connectivity index (χ2v) is 8.85. The lowest BCUT2D eigenvalue weighted by Gasteiger charge is -2.08. The zero-order valence-corrected chi connectivity index (χ0v) is 17.5. The average molecular weight is 437 g/mol. The van der Waals surface area contributed by atoms with Gasteiger partial charge in [0.05, 0.1) is 28.8 Å². The van der Waals surface area contributed by atoms with Gasteiger partial charge in [0.1, 0.15) is 17.2 Å². The third-order valence-electron chi connectivity index (χ3n) is 4.71. The third-order valence-corrected chi connectivity index (χ3v) is 5.84. The molecule has 4 rings (SSSR count). The highest BCUT2D eigenvalue weighted by Crippen LogP contribution is 2.35. The number of nitrogens with zero attached hydrogens (tertiary/aromatic N) is 3. The minimum atomic E-state index is -3.35. The highest BCUT2D eigenvalue weighted by atomic mass is 32.2. The van der Waals surface area contributed by atoms with Gasteiger partial charge < -0.3 is 14.9 Å². The van der Waals surface area contributed by atoms with Crippen LogP contribution in [0.5, 0.6) is 17.2 Å². The quantitative estimate of drug-likeness (QED) is 0.492.